The summed E-state index contributed by atoms with van der Waals surface area (Å²) >= 11 is 7.63. The molecule has 0 amide bonds. The standard InChI is InChI=1S/C16H17IN2S/c1-11-7-12(2)9-13(8-11)10-18-16(20)19-15-6-4-3-5-14(15)17/h3-9H,10H2,1-2H3,(H2,18,19,20). The summed E-state index contributed by atoms with van der Waals surface area (Å²) in [6.45, 7) is 4.95. The number of hydrogen-bond donors (Lipinski definition) is 2. The van der Waals surface area contributed by atoms with Crippen LogP contribution in [0, 0.1) is 17.4 Å². The van der Waals surface area contributed by atoms with Crippen LogP contribution < -0.4 is 10.6 Å². The zero-order valence-electron chi connectivity index (χ0n) is 11.5. The highest BCUT2D eigenvalue weighted by molar-refractivity contribution is 14.1. The van der Waals surface area contributed by atoms with Crippen molar-refractivity contribution in [2.75, 3.05) is 5.32 Å². The first-order valence-corrected chi connectivity index (χ1v) is 7.90. The number of thiocarbonyl (C=S) groups is 1. The third-order valence-electron chi connectivity index (χ3n) is 2.86. The molecule has 0 bridgehead atoms. The molecule has 2 aromatic rings. The Morgan fingerprint density at radius 2 is 1.75 bits per heavy atom. The van der Waals surface area contributed by atoms with Crippen molar-refractivity contribution in [2.24, 2.45) is 0 Å². The number of halogens is 1. The molecule has 0 radical (unpaired) electrons. The summed E-state index contributed by atoms with van der Waals surface area (Å²) in [7, 11) is 0. The molecule has 2 aromatic carbocycles. The van der Waals surface area contributed by atoms with E-state index in [9.17, 15) is 0 Å². The Balaban J connectivity index is 1.94. The Labute approximate surface area is 139 Å². The number of para-hydroxylation sites is 1. The van der Waals surface area contributed by atoms with Gasteiger partial charge in [-0.05, 0) is 66.4 Å². The highest BCUT2D eigenvalue weighted by Gasteiger charge is 2.02. The van der Waals surface area contributed by atoms with E-state index in [-0.39, 0.29) is 0 Å². The van der Waals surface area contributed by atoms with Gasteiger partial charge < -0.3 is 10.6 Å². The largest absolute Gasteiger partial charge is 0.358 e. The molecule has 104 valence electrons. The maximum atomic E-state index is 5.33. The van der Waals surface area contributed by atoms with Gasteiger partial charge in [-0.3, -0.25) is 0 Å². The highest BCUT2D eigenvalue weighted by Crippen LogP contribution is 2.16. The molecule has 0 unspecified atom stereocenters. The zero-order chi connectivity index (χ0) is 14.5. The molecule has 4 heteroatoms. The summed E-state index contributed by atoms with van der Waals surface area (Å²) in [5, 5.41) is 7.12. The van der Waals surface area contributed by atoms with Crippen molar-refractivity contribution in [3.8, 4) is 0 Å². The predicted molar refractivity (Wildman–Crippen MR) is 98.1 cm³/mol. The molecule has 0 aliphatic heterocycles. The van der Waals surface area contributed by atoms with Crippen LogP contribution in [0.3, 0.4) is 0 Å². The van der Waals surface area contributed by atoms with E-state index in [1.165, 1.54) is 16.7 Å². The van der Waals surface area contributed by atoms with E-state index in [1.54, 1.807) is 0 Å². The molecule has 0 aliphatic rings. The Bertz CT molecular complexity index is 605. The Morgan fingerprint density at radius 3 is 2.40 bits per heavy atom. The van der Waals surface area contributed by atoms with Crippen molar-refractivity contribution in [2.45, 2.75) is 20.4 Å². The number of aryl methyl sites for hydroxylation is 2. The van der Waals surface area contributed by atoms with Crippen molar-refractivity contribution < 1.29 is 0 Å². The van der Waals surface area contributed by atoms with Crippen LogP contribution in [0.15, 0.2) is 42.5 Å². The predicted octanol–water partition coefficient (Wildman–Crippen LogP) is 4.39. The van der Waals surface area contributed by atoms with E-state index in [2.05, 4.69) is 71.3 Å². The van der Waals surface area contributed by atoms with E-state index in [1.807, 2.05) is 18.2 Å². The summed E-state index contributed by atoms with van der Waals surface area (Å²) in [5.74, 6) is 0. The second-order valence-corrected chi connectivity index (χ2v) is 6.35. The van der Waals surface area contributed by atoms with Crippen LogP contribution >= 0.6 is 34.8 Å². The monoisotopic (exact) mass is 396 g/mol. The molecule has 2 nitrogen and oxygen atoms in total. The molecular formula is C16H17IN2S. The van der Waals surface area contributed by atoms with Crippen LogP contribution in [0.4, 0.5) is 5.69 Å². The van der Waals surface area contributed by atoms with Crippen LogP contribution in [-0.2, 0) is 6.54 Å². The van der Waals surface area contributed by atoms with Crippen molar-refractivity contribution in [3.63, 3.8) is 0 Å². The van der Waals surface area contributed by atoms with Crippen LogP contribution in [0.1, 0.15) is 16.7 Å². The van der Waals surface area contributed by atoms with Crippen LogP contribution in [0.5, 0.6) is 0 Å². The minimum Gasteiger partial charge on any atom is -0.358 e. The zero-order valence-corrected chi connectivity index (χ0v) is 14.5. The van der Waals surface area contributed by atoms with Gasteiger partial charge in [0.25, 0.3) is 0 Å². The number of rotatable bonds is 3. The molecule has 2 rings (SSSR count). The second kappa shape index (κ2) is 7.04. The van der Waals surface area contributed by atoms with E-state index in [0.29, 0.717) is 5.11 Å². The average Bonchev–Trinajstić information content (AvgIpc) is 2.38. The van der Waals surface area contributed by atoms with Crippen LogP contribution in [0.25, 0.3) is 0 Å². The van der Waals surface area contributed by atoms with Crippen LogP contribution in [0.2, 0.25) is 0 Å². The molecule has 0 saturated carbocycles. The van der Waals surface area contributed by atoms with Gasteiger partial charge in [-0.2, -0.15) is 0 Å². The molecule has 0 spiro atoms. The van der Waals surface area contributed by atoms with Gasteiger partial charge in [-0.15, -0.1) is 0 Å². The van der Waals surface area contributed by atoms with Crippen LogP contribution in [-0.4, -0.2) is 5.11 Å². The lowest BCUT2D eigenvalue weighted by molar-refractivity contribution is 0.921. The molecule has 0 aliphatic carbocycles. The first kappa shape index (κ1) is 15.3. The van der Waals surface area contributed by atoms with Gasteiger partial charge in [0.1, 0.15) is 0 Å². The Kier molecular flexibility index (Phi) is 5.37. The summed E-state index contributed by atoms with van der Waals surface area (Å²) in [5.41, 5.74) is 4.83. The normalized spacial score (nSPS) is 10.2. The quantitative estimate of drug-likeness (QED) is 0.594. The summed E-state index contributed by atoms with van der Waals surface area (Å²) < 4.78 is 1.15. The molecular weight excluding hydrogens is 379 g/mol. The second-order valence-electron chi connectivity index (χ2n) is 4.78. The van der Waals surface area contributed by atoms with Crippen molar-refractivity contribution in [1.29, 1.82) is 0 Å². The van der Waals surface area contributed by atoms with Gasteiger partial charge in [-0.1, -0.05) is 41.5 Å². The van der Waals surface area contributed by atoms with Gasteiger partial charge in [0.2, 0.25) is 0 Å². The molecule has 0 aromatic heterocycles. The van der Waals surface area contributed by atoms with Crippen molar-refractivity contribution in [3.05, 3.63) is 62.7 Å². The fourth-order valence-electron chi connectivity index (χ4n) is 2.08. The number of anilines is 1. The fraction of sp³-hybridized carbons (Fsp3) is 0.188. The summed E-state index contributed by atoms with van der Waals surface area (Å²) in [4.78, 5) is 0. The molecule has 0 fully saturated rings. The van der Waals surface area contributed by atoms with E-state index in [4.69, 9.17) is 12.2 Å². The van der Waals surface area contributed by atoms with Crippen molar-refractivity contribution in [1.82, 2.24) is 5.32 Å². The topological polar surface area (TPSA) is 24.1 Å². The SMILES string of the molecule is Cc1cc(C)cc(CNC(=S)Nc2ccccc2I)c1. The van der Waals surface area contributed by atoms with Gasteiger partial charge in [-0.25, -0.2) is 0 Å². The smallest absolute Gasteiger partial charge is 0.171 e. The first-order valence-electron chi connectivity index (χ1n) is 6.41. The van der Waals surface area contributed by atoms with Gasteiger partial charge in [0.05, 0.1) is 5.69 Å². The minimum atomic E-state index is 0.647. The summed E-state index contributed by atoms with van der Waals surface area (Å²) in [6.07, 6.45) is 0. The molecule has 20 heavy (non-hydrogen) atoms. The van der Waals surface area contributed by atoms with Crippen molar-refractivity contribution >= 4 is 45.6 Å². The molecule has 2 N–H and O–H groups in total. The number of benzene rings is 2. The highest BCUT2D eigenvalue weighted by atomic mass is 127. The number of hydrogen-bond acceptors (Lipinski definition) is 1. The van der Waals surface area contributed by atoms with E-state index >= 15 is 0 Å². The lowest BCUT2D eigenvalue weighted by Gasteiger charge is -2.12. The molecule has 0 heterocycles. The minimum absolute atomic E-state index is 0.647. The maximum Gasteiger partial charge on any atom is 0.171 e. The van der Waals surface area contributed by atoms with Gasteiger partial charge >= 0.3 is 0 Å². The average molecular weight is 396 g/mol. The lowest BCUT2D eigenvalue weighted by atomic mass is 10.1. The Morgan fingerprint density at radius 1 is 1.10 bits per heavy atom. The first-order chi connectivity index (χ1) is 9.54. The third kappa shape index (κ3) is 4.45. The lowest BCUT2D eigenvalue weighted by Crippen LogP contribution is -2.28. The maximum absolute atomic E-state index is 5.33. The third-order valence-corrected chi connectivity index (χ3v) is 4.04. The van der Waals surface area contributed by atoms with Gasteiger partial charge in [0.15, 0.2) is 5.11 Å². The number of nitrogens with one attached hydrogen (secondary N) is 2. The van der Waals surface area contributed by atoms with E-state index in [0.717, 1.165) is 15.8 Å². The Hall–Kier alpha value is -1.14. The van der Waals surface area contributed by atoms with Gasteiger partial charge in [0, 0.05) is 10.1 Å². The molecule has 0 atom stereocenters. The fourth-order valence-corrected chi connectivity index (χ4v) is 2.79. The summed E-state index contributed by atoms with van der Waals surface area (Å²) in [6, 6.07) is 14.6. The van der Waals surface area contributed by atoms with E-state index < -0.39 is 0 Å². The molecule has 0 saturated heterocycles.